The van der Waals surface area contributed by atoms with Crippen LogP contribution in [0.2, 0.25) is 0 Å². The van der Waals surface area contributed by atoms with Crippen LogP contribution in [0.5, 0.6) is 0 Å². The Bertz CT molecular complexity index is 62.6. The van der Waals surface area contributed by atoms with Crippen LogP contribution < -0.4 is 0 Å². The van der Waals surface area contributed by atoms with Gasteiger partial charge in [-0.25, -0.2) is 0 Å². The van der Waals surface area contributed by atoms with Gasteiger partial charge in [0.2, 0.25) is 0 Å². The molecule has 1 radical (unpaired) electrons. The minimum Gasteiger partial charge on any atom is -0.0599 e. The van der Waals surface area contributed by atoms with Crippen molar-refractivity contribution < 1.29 is 0 Å². The third-order valence-electron chi connectivity index (χ3n) is 1.58. The van der Waals surface area contributed by atoms with Gasteiger partial charge in [0.05, 0.1) is 0 Å². The summed E-state index contributed by atoms with van der Waals surface area (Å²) in [6.07, 6.45) is 3.73. The van der Waals surface area contributed by atoms with E-state index in [1.165, 1.54) is 6.42 Å². The van der Waals surface area contributed by atoms with Crippen LogP contribution in [0, 0.1) is 17.8 Å². The van der Waals surface area contributed by atoms with Crippen LogP contribution in [-0.4, -0.2) is 0 Å². The fourth-order valence-electron chi connectivity index (χ4n) is 0.775. The maximum Gasteiger partial charge on any atom is -0.0331 e. The molecular formula is C7H13. The van der Waals surface area contributed by atoms with Gasteiger partial charge in [0.25, 0.3) is 0 Å². The molecule has 1 fully saturated rings. The second-order valence-corrected chi connectivity index (χ2v) is 3.44. The van der Waals surface area contributed by atoms with Crippen molar-refractivity contribution in [2.45, 2.75) is 27.2 Å². The van der Waals surface area contributed by atoms with Gasteiger partial charge in [0, 0.05) is 0 Å². The van der Waals surface area contributed by atoms with Crippen LogP contribution in [-0.2, 0) is 0 Å². The lowest BCUT2D eigenvalue weighted by molar-refractivity contribution is 0.362. The summed E-state index contributed by atoms with van der Waals surface area (Å²) in [5, 5.41) is 0. The van der Waals surface area contributed by atoms with Gasteiger partial charge < -0.3 is 0 Å². The number of hydrogen-bond acceptors (Lipinski definition) is 0. The van der Waals surface area contributed by atoms with E-state index in [2.05, 4.69) is 27.2 Å². The third kappa shape index (κ3) is 1.19. The van der Waals surface area contributed by atoms with Crippen molar-refractivity contribution in [3.63, 3.8) is 0 Å². The molecule has 1 aliphatic rings. The summed E-state index contributed by atoms with van der Waals surface area (Å²) in [7, 11) is 0. The summed E-state index contributed by atoms with van der Waals surface area (Å²) in [6.45, 7) is 6.88. The van der Waals surface area contributed by atoms with Crippen molar-refractivity contribution in [2.75, 3.05) is 0 Å². The van der Waals surface area contributed by atoms with E-state index in [0.717, 1.165) is 5.92 Å². The first-order valence-electron chi connectivity index (χ1n) is 2.94. The molecule has 1 atom stereocenters. The highest BCUT2D eigenvalue weighted by molar-refractivity contribution is 5.01. The molecular weight excluding hydrogens is 84.1 g/mol. The van der Waals surface area contributed by atoms with Gasteiger partial charge in [-0.15, -0.1) is 0 Å². The van der Waals surface area contributed by atoms with Crippen molar-refractivity contribution in [3.8, 4) is 0 Å². The van der Waals surface area contributed by atoms with Crippen LogP contribution in [0.4, 0.5) is 0 Å². The Morgan fingerprint density at radius 1 is 1.43 bits per heavy atom. The van der Waals surface area contributed by atoms with Gasteiger partial charge in [-0.1, -0.05) is 20.8 Å². The van der Waals surface area contributed by atoms with E-state index in [1.807, 2.05) is 0 Å². The molecule has 0 amide bonds. The highest BCUT2D eigenvalue weighted by Crippen LogP contribution is 2.43. The van der Waals surface area contributed by atoms with Crippen LogP contribution in [0.15, 0.2) is 0 Å². The predicted octanol–water partition coefficient (Wildman–Crippen LogP) is 2.26. The zero-order valence-corrected chi connectivity index (χ0v) is 5.36. The zero-order chi connectivity index (χ0) is 5.49. The van der Waals surface area contributed by atoms with Crippen LogP contribution in [0.3, 0.4) is 0 Å². The molecule has 1 saturated carbocycles. The fourth-order valence-corrected chi connectivity index (χ4v) is 0.775. The summed E-state index contributed by atoms with van der Waals surface area (Å²) < 4.78 is 0. The minimum atomic E-state index is 0.556. The van der Waals surface area contributed by atoms with Gasteiger partial charge in [-0.3, -0.25) is 0 Å². The lowest BCUT2D eigenvalue weighted by Crippen LogP contribution is -2.06. The molecule has 0 spiro atoms. The second kappa shape index (κ2) is 1.24. The van der Waals surface area contributed by atoms with Crippen molar-refractivity contribution in [2.24, 2.45) is 11.3 Å². The molecule has 0 heteroatoms. The van der Waals surface area contributed by atoms with E-state index in [1.54, 1.807) is 0 Å². The SMILES string of the molecule is CC(C)(C)C1[CH]C1. The molecule has 0 aromatic carbocycles. The molecule has 0 N–H and O–H groups in total. The molecule has 1 rings (SSSR count). The van der Waals surface area contributed by atoms with Gasteiger partial charge in [0.1, 0.15) is 0 Å². The predicted molar refractivity (Wildman–Crippen MR) is 31.9 cm³/mol. The molecule has 7 heavy (non-hydrogen) atoms. The molecule has 0 saturated heterocycles. The van der Waals surface area contributed by atoms with Crippen molar-refractivity contribution in [1.29, 1.82) is 0 Å². The maximum atomic E-state index is 2.38. The molecule has 41 valence electrons. The summed E-state index contributed by atoms with van der Waals surface area (Å²) in [5.41, 5.74) is 0.556. The second-order valence-electron chi connectivity index (χ2n) is 3.44. The highest BCUT2D eigenvalue weighted by atomic mass is 14.4. The molecule has 0 aromatic heterocycles. The summed E-state index contributed by atoms with van der Waals surface area (Å²) in [4.78, 5) is 0. The van der Waals surface area contributed by atoms with E-state index < -0.39 is 0 Å². The Hall–Kier alpha value is 0. The molecule has 0 nitrogen and oxygen atoms in total. The fraction of sp³-hybridized carbons (Fsp3) is 0.857. The average Bonchev–Trinajstić information content (AvgIpc) is 1.99. The highest BCUT2D eigenvalue weighted by Gasteiger charge is 2.33. The normalized spacial score (nSPS) is 22.7. The molecule has 0 heterocycles. The third-order valence-corrected chi connectivity index (χ3v) is 1.58. The largest absolute Gasteiger partial charge is 0.0599 e. The van der Waals surface area contributed by atoms with E-state index in [-0.39, 0.29) is 0 Å². The monoisotopic (exact) mass is 97.1 g/mol. The van der Waals surface area contributed by atoms with Crippen LogP contribution in [0.1, 0.15) is 27.2 Å². The molecule has 0 bridgehead atoms. The maximum absolute atomic E-state index is 2.38. The first-order chi connectivity index (χ1) is 3.11. The van der Waals surface area contributed by atoms with Gasteiger partial charge in [0.15, 0.2) is 0 Å². The van der Waals surface area contributed by atoms with Crippen LogP contribution >= 0.6 is 0 Å². The summed E-state index contributed by atoms with van der Waals surface area (Å²) in [6, 6.07) is 0. The van der Waals surface area contributed by atoms with Crippen molar-refractivity contribution in [3.05, 3.63) is 6.42 Å². The van der Waals surface area contributed by atoms with Gasteiger partial charge >= 0.3 is 0 Å². The lowest BCUT2D eigenvalue weighted by Gasteiger charge is -2.15. The average molecular weight is 97.2 g/mol. The van der Waals surface area contributed by atoms with Crippen molar-refractivity contribution >= 4 is 0 Å². The minimum absolute atomic E-state index is 0.556. The van der Waals surface area contributed by atoms with Crippen molar-refractivity contribution in [1.82, 2.24) is 0 Å². The first kappa shape index (κ1) is 5.14. The molecule has 0 aliphatic heterocycles. The number of rotatable bonds is 0. The smallest absolute Gasteiger partial charge is 0.0331 e. The topological polar surface area (TPSA) is 0 Å². The Morgan fingerprint density at radius 3 is 1.86 bits per heavy atom. The first-order valence-corrected chi connectivity index (χ1v) is 2.94. The number of hydrogen-bond donors (Lipinski definition) is 0. The molecule has 1 aliphatic carbocycles. The zero-order valence-electron chi connectivity index (χ0n) is 5.36. The summed E-state index contributed by atoms with van der Waals surface area (Å²) in [5.74, 6) is 0.924. The van der Waals surface area contributed by atoms with E-state index in [0.29, 0.717) is 5.41 Å². The van der Waals surface area contributed by atoms with E-state index in [9.17, 15) is 0 Å². The standard InChI is InChI=1S/C7H13/c1-7(2,3)6-4-5-6/h4,6H,5H2,1-3H3. The van der Waals surface area contributed by atoms with Gasteiger partial charge in [-0.2, -0.15) is 0 Å². The van der Waals surface area contributed by atoms with Gasteiger partial charge in [-0.05, 0) is 24.2 Å². The molecule has 1 unspecified atom stereocenters. The molecule has 0 aromatic rings. The Balaban J connectivity index is 2.36. The van der Waals surface area contributed by atoms with E-state index >= 15 is 0 Å². The lowest BCUT2D eigenvalue weighted by atomic mass is 9.91. The Kier molecular flexibility index (Phi) is 0.911. The summed E-state index contributed by atoms with van der Waals surface area (Å²) >= 11 is 0. The Labute approximate surface area is 45.9 Å². The van der Waals surface area contributed by atoms with Crippen LogP contribution in [0.25, 0.3) is 0 Å². The Morgan fingerprint density at radius 2 is 1.86 bits per heavy atom. The van der Waals surface area contributed by atoms with E-state index in [4.69, 9.17) is 0 Å². The quantitative estimate of drug-likeness (QED) is 0.435.